The molecule has 0 radical (unpaired) electrons. The van der Waals surface area contributed by atoms with Crippen LogP contribution in [0.15, 0.2) is 29.3 Å². The Morgan fingerprint density at radius 1 is 1.16 bits per heavy atom. The van der Waals surface area contributed by atoms with Crippen LogP contribution in [0, 0.1) is 5.92 Å². The summed E-state index contributed by atoms with van der Waals surface area (Å²) in [5.74, 6) is 1.82. The second-order valence-electron chi connectivity index (χ2n) is 10.3. The number of rotatable bonds is 7. The van der Waals surface area contributed by atoms with Crippen LogP contribution in [0.3, 0.4) is 0 Å². The first-order valence-electron chi connectivity index (χ1n) is 12.5. The summed E-state index contributed by atoms with van der Waals surface area (Å²) in [6, 6.07) is 3.26. The van der Waals surface area contributed by atoms with Crippen molar-refractivity contribution in [1.29, 1.82) is 0 Å². The van der Waals surface area contributed by atoms with Gasteiger partial charge in [0.1, 0.15) is 33.5 Å². The zero-order valence-corrected chi connectivity index (χ0v) is 22.3. The number of aliphatic hydroxyl groups is 1. The Kier molecular flexibility index (Phi) is 6.94. The molecule has 0 aliphatic carbocycles. The number of hydrogen-bond acceptors (Lipinski definition) is 11. The standard InChI is InChI=1S/C24H31FN8O4S/c1-14(2)33-18-8-21(28-20-4-6-26-23(29-20)31-7-5-19(34)17(25)12-31)27-9-16(18)22(30-24(33)35)32-10-15(11-32)13-38(3,36)37/h4,6,8-9,14-15,17,19,34H,5,7,10-13H2,1-3H3,(H,26,27,28,29). The summed E-state index contributed by atoms with van der Waals surface area (Å²) in [6.07, 6.45) is 2.38. The lowest BCUT2D eigenvalue weighted by Crippen LogP contribution is -2.50. The molecule has 0 spiro atoms. The number of fused-ring (bicyclic) bond motifs is 1. The van der Waals surface area contributed by atoms with Crippen molar-refractivity contribution in [2.24, 2.45) is 5.92 Å². The summed E-state index contributed by atoms with van der Waals surface area (Å²) >= 11 is 0. The van der Waals surface area contributed by atoms with Gasteiger partial charge in [-0.25, -0.2) is 27.6 Å². The summed E-state index contributed by atoms with van der Waals surface area (Å²) in [4.78, 5) is 34.2. The number of hydrogen-bond donors (Lipinski definition) is 2. The highest BCUT2D eigenvalue weighted by atomic mass is 32.2. The van der Waals surface area contributed by atoms with Gasteiger partial charge in [-0.2, -0.15) is 9.97 Å². The van der Waals surface area contributed by atoms with E-state index < -0.39 is 27.8 Å². The predicted molar refractivity (Wildman–Crippen MR) is 143 cm³/mol. The molecule has 2 unspecified atom stereocenters. The monoisotopic (exact) mass is 546 g/mol. The highest BCUT2D eigenvalue weighted by Crippen LogP contribution is 2.31. The molecule has 3 aromatic heterocycles. The Labute approximate surface area is 219 Å². The zero-order valence-electron chi connectivity index (χ0n) is 21.5. The molecular weight excluding hydrogens is 515 g/mol. The lowest BCUT2D eigenvalue weighted by molar-refractivity contribution is 0.0612. The molecule has 38 heavy (non-hydrogen) atoms. The summed E-state index contributed by atoms with van der Waals surface area (Å²) in [5.41, 5.74) is 0.238. The van der Waals surface area contributed by atoms with E-state index in [1.807, 2.05) is 18.7 Å². The third-order valence-corrected chi connectivity index (χ3v) is 7.87. The number of aliphatic hydroxyl groups excluding tert-OH is 1. The van der Waals surface area contributed by atoms with Gasteiger partial charge in [0.25, 0.3) is 0 Å². The minimum atomic E-state index is -3.09. The van der Waals surface area contributed by atoms with Crippen molar-refractivity contribution in [2.75, 3.05) is 53.3 Å². The minimum absolute atomic E-state index is 0.00826. The number of nitrogens with zero attached hydrogens (tertiary/aromatic N) is 7. The molecular formula is C24H31FN8O4S. The van der Waals surface area contributed by atoms with Gasteiger partial charge in [0.15, 0.2) is 0 Å². The molecule has 5 heterocycles. The third-order valence-electron chi connectivity index (χ3n) is 6.79. The maximum absolute atomic E-state index is 14.0. The summed E-state index contributed by atoms with van der Waals surface area (Å²) in [5, 5.41) is 13.5. The van der Waals surface area contributed by atoms with E-state index in [-0.39, 0.29) is 24.3 Å². The topological polar surface area (TPSA) is 146 Å². The van der Waals surface area contributed by atoms with Crippen LogP contribution >= 0.6 is 0 Å². The fourth-order valence-electron chi connectivity index (χ4n) is 4.98. The van der Waals surface area contributed by atoms with Gasteiger partial charge in [-0.1, -0.05) is 0 Å². The lowest BCUT2D eigenvalue weighted by Gasteiger charge is -2.40. The molecule has 0 aromatic carbocycles. The van der Waals surface area contributed by atoms with Crippen molar-refractivity contribution in [2.45, 2.75) is 38.6 Å². The quantitative estimate of drug-likeness (QED) is 0.442. The van der Waals surface area contributed by atoms with Gasteiger partial charge >= 0.3 is 5.69 Å². The minimum Gasteiger partial charge on any atom is -0.390 e. The maximum atomic E-state index is 14.0. The number of halogens is 1. The molecule has 0 bridgehead atoms. The maximum Gasteiger partial charge on any atom is 0.350 e. The Morgan fingerprint density at radius 3 is 2.61 bits per heavy atom. The molecule has 2 atom stereocenters. The summed E-state index contributed by atoms with van der Waals surface area (Å²) < 4.78 is 38.9. The molecule has 14 heteroatoms. The highest BCUT2D eigenvalue weighted by Gasteiger charge is 2.32. The van der Waals surface area contributed by atoms with Gasteiger partial charge < -0.3 is 20.2 Å². The van der Waals surface area contributed by atoms with E-state index in [1.165, 1.54) is 6.26 Å². The second kappa shape index (κ2) is 10.1. The third kappa shape index (κ3) is 5.41. The predicted octanol–water partition coefficient (Wildman–Crippen LogP) is 1.30. The molecule has 2 aliphatic rings. The van der Waals surface area contributed by atoms with E-state index in [0.29, 0.717) is 60.4 Å². The molecule has 0 saturated carbocycles. The second-order valence-corrected chi connectivity index (χ2v) is 12.5. The Hall–Kier alpha value is -3.39. The molecule has 2 aliphatic heterocycles. The van der Waals surface area contributed by atoms with E-state index in [0.717, 1.165) is 0 Å². The average Bonchev–Trinajstić information content (AvgIpc) is 2.81. The van der Waals surface area contributed by atoms with Crippen molar-refractivity contribution >= 4 is 44.1 Å². The number of nitrogens with one attached hydrogen (secondary N) is 1. The van der Waals surface area contributed by atoms with Gasteiger partial charge in [-0.15, -0.1) is 0 Å². The van der Waals surface area contributed by atoms with Crippen LogP contribution in [-0.4, -0.2) is 88.5 Å². The van der Waals surface area contributed by atoms with Crippen LogP contribution in [0.4, 0.5) is 27.8 Å². The first kappa shape index (κ1) is 26.2. The van der Waals surface area contributed by atoms with Crippen LogP contribution in [0.1, 0.15) is 26.3 Å². The SMILES string of the molecule is CC(C)n1c(=O)nc(N2CC(CS(C)(=O)=O)C2)c2cnc(Nc3ccnc(N4CCC(O)C(F)C4)n3)cc21. The molecule has 204 valence electrons. The molecule has 2 N–H and O–H groups in total. The Balaban J connectivity index is 1.43. The fourth-order valence-corrected chi connectivity index (χ4v) is 6.05. The van der Waals surface area contributed by atoms with Crippen LogP contribution in [0.2, 0.25) is 0 Å². The molecule has 12 nitrogen and oxygen atoms in total. The molecule has 0 amide bonds. The van der Waals surface area contributed by atoms with E-state index in [1.54, 1.807) is 34.0 Å². The van der Waals surface area contributed by atoms with Crippen molar-refractivity contribution in [3.8, 4) is 0 Å². The van der Waals surface area contributed by atoms with Crippen molar-refractivity contribution in [1.82, 2.24) is 24.5 Å². The molecule has 2 fully saturated rings. The summed E-state index contributed by atoms with van der Waals surface area (Å²) in [6.45, 7) is 5.24. The first-order chi connectivity index (χ1) is 18.0. The van der Waals surface area contributed by atoms with Crippen LogP contribution in [0.5, 0.6) is 0 Å². The number of sulfone groups is 1. The normalized spacial score (nSPS) is 20.7. The van der Waals surface area contributed by atoms with Crippen molar-refractivity contribution < 1.29 is 17.9 Å². The summed E-state index contributed by atoms with van der Waals surface area (Å²) in [7, 11) is -3.09. The number of aromatic nitrogens is 5. The van der Waals surface area contributed by atoms with Crippen molar-refractivity contribution in [3.05, 3.63) is 35.0 Å². The molecule has 2 saturated heterocycles. The Bertz CT molecular complexity index is 1510. The largest absolute Gasteiger partial charge is 0.390 e. The van der Waals surface area contributed by atoms with Crippen LogP contribution < -0.4 is 20.8 Å². The Morgan fingerprint density at radius 2 is 1.92 bits per heavy atom. The van der Waals surface area contributed by atoms with Gasteiger partial charge in [0.05, 0.1) is 29.3 Å². The number of pyridine rings is 1. The number of anilines is 4. The average molecular weight is 547 g/mol. The number of alkyl halides is 1. The van der Waals surface area contributed by atoms with E-state index in [2.05, 4.69) is 25.3 Å². The van der Waals surface area contributed by atoms with Gasteiger partial charge in [-0.3, -0.25) is 4.57 Å². The number of piperidine rings is 1. The highest BCUT2D eigenvalue weighted by molar-refractivity contribution is 7.90. The van der Waals surface area contributed by atoms with Crippen LogP contribution in [0.25, 0.3) is 10.9 Å². The van der Waals surface area contributed by atoms with E-state index in [4.69, 9.17) is 0 Å². The fraction of sp³-hybridized carbons (Fsp3) is 0.542. The first-order valence-corrected chi connectivity index (χ1v) is 14.6. The van der Waals surface area contributed by atoms with Crippen molar-refractivity contribution in [3.63, 3.8) is 0 Å². The van der Waals surface area contributed by atoms with Crippen LogP contribution in [-0.2, 0) is 9.84 Å². The van der Waals surface area contributed by atoms with E-state index in [9.17, 15) is 22.7 Å². The smallest absolute Gasteiger partial charge is 0.350 e. The van der Waals surface area contributed by atoms with Gasteiger partial charge in [-0.05, 0) is 26.3 Å². The molecule has 3 aromatic rings. The molecule has 5 rings (SSSR count). The zero-order chi connectivity index (χ0) is 27.2. The lowest BCUT2D eigenvalue weighted by atomic mass is 10.0. The van der Waals surface area contributed by atoms with Gasteiger partial charge in [0.2, 0.25) is 5.95 Å². The van der Waals surface area contributed by atoms with E-state index >= 15 is 0 Å². The van der Waals surface area contributed by atoms with Gasteiger partial charge in [0, 0.05) is 56.3 Å².